The molecule has 0 radical (unpaired) electrons. The van der Waals surface area contributed by atoms with Gasteiger partial charge in [-0.05, 0) is 6.92 Å². The van der Waals surface area contributed by atoms with Crippen LogP contribution in [0.25, 0.3) is 0 Å². The van der Waals surface area contributed by atoms with E-state index < -0.39 is 11.1 Å². The summed E-state index contributed by atoms with van der Waals surface area (Å²) in [6.07, 6.45) is 0. The smallest absolute Gasteiger partial charge is 0.187 e. The molecule has 64 valence electrons. The van der Waals surface area contributed by atoms with E-state index >= 15 is 0 Å². The molecular formula is C9H16FN. The average molecular weight is 157 g/mol. The number of halogens is 1. The number of hydrogen-bond donors (Lipinski definition) is 1. The molecule has 1 nitrogen and oxygen atoms in total. The molecule has 0 bridgehead atoms. The SMILES string of the molecule is CC#CC(F)(CN)C(C)(C)C. The molecule has 1 unspecified atom stereocenters. The Morgan fingerprint density at radius 1 is 1.36 bits per heavy atom. The highest BCUT2D eigenvalue weighted by Gasteiger charge is 2.39. The average Bonchev–Trinajstić information content (AvgIpc) is 1.86. The molecule has 0 rings (SSSR count). The first kappa shape index (κ1) is 10.4. The molecule has 0 aliphatic carbocycles. The van der Waals surface area contributed by atoms with Crippen molar-refractivity contribution >= 4 is 0 Å². The Morgan fingerprint density at radius 2 is 1.82 bits per heavy atom. The Labute approximate surface area is 68.2 Å². The molecule has 2 N–H and O–H groups in total. The van der Waals surface area contributed by atoms with Crippen LogP contribution in [0.15, 0.2) is 0 Å². The van der Waals surface area contributed by atoms with Crippen molar-refractivity contribution in [3.63, 3.8) is 0 Å². The van der Waals surface area contributed by atoms with Crippen molar-refractivity contribution in [1.82, 2.24) is 0 Å². The second kappa shape index (κ2) is 3.23. The minimum absolute atomic E-state index is 0.0443. The molecule has 0 spiro atoms. The largest absolute Gasteiger partial charge is 0.327 e. The van der Waals surface area contributed by atoms with Gasteiger partial charge in [0.05, 0.1) is 0 Å². The minimum Gasteiger partial charge on any atom is -0.327 e. The summed E-state index contributed by atoms with van der Waals surface area (Å²) in [5, 5.41) is 0. The van der Waals surface area contributed by atoms with E-state index in [1.165, 1.54) is 0 Å². The topological polar surface area (TPSA) is 26.0 Å². The second-order valence-corrected chi connectivity index (χ2v) is 3.63. The summed E-state index contributed by atoms with van der Waals surface area (Å²) in [5.41, 5.74) is 3.24. The van der Waals surface area contributed by atoms with E-state index in [4.69, 9.17) is 5.73 Å². The van der Waals surface area contributed by atoms with Crippen LogP contribution in [0.1, 0.15) is 27.7 Å². The van der Waals surface area contributed by atoms with Gasteiger partial charge in [0.25, 0.3) is 0 Å². The zero-order valence-electron chi connectivity index (χ0n) is 7.66. The highest BCUT2D eigenvalue weighted by molar-refractivity contribution is 5.18. The Kier molecular flexibility index (Phi) is 3.07. The van der Waals surface area contributed by atoms with E-state index in [9.17, 15) is 4.39 Å². The molecule has 0 aromatic carbocycles. The number of nitrogens with two attached hydrogens (primary N) is 1. The predicted molar refractivity (Wildman–Crippen MR) is 45.8 cm³/mol. The molecular weight excluding hydrogens is 141 g/mol. The summed E-state index contributed by atoms with van der Waals surface area (Å²) in [5.74, 6) is 5.07. The van der Waals surface area contributed by atoms with E-state index in [2.05, 4.69) is 11.8 Å². The van der Waals surface area contributed by atoms with Gasteiger partial charge >= 0.3 is 0 Å². The van der Waals surface area contributed by atoms with Gasteiger partial charge in [-0.2, -0.15) is 0 Å². The molecule has 0 amide bonds. The van der Waals surface area contributed by atoms with Crippen LogP contribution in [0.2, 0.25) is 0 Å². The van der Waals surface area contributed by atoms with Crippen LogP contribution in [-0.2, 0) is 0 Å². The molecule has 11 heavy (non-hydrogen) atoms. The predicted octanol–water partition coefficient (Wildman–Crippen LogP) is 1.72. The van der Waals surface area contributed by atoms with Crippen LogP contribution in [0.4, 0.5) is 4.39 Å². The fraction of sp³-hybridized carbons (Fsp3) is 0.778. The maximum absolute atomic E-state index is 13.7. The van der Waals surface area contributed by atoms with Gasteiger partial charge in [-0.3, -0.25) is 0 Å². The van der Waals surface area contributed by atoms with Crippen LogP contribution in [0.5, 0.6) is 0 Å². The Bertz CT molecular complexity index is 182. The number of rotatable bonds is 1. The highest BCUT2D eigenvalue weighted by atomic mass is 19.1. The van der Waals surface area contributed by atoms with Crippen molar-refractivity contribution in [1.29, 1.82) is 0 Å². The van der Waals surface area contributed by atoms with Crippen molar-refractivity contribution in [2.45, 2.75) is 33.4 Å². The van der Waals surface area contributed by atoms with Crippen LogP contribution >= 0.6 is 0 Å². The van der Waals surface area contributed by atoms with Gasteiger partial charge in [-0.25, -0.2) is 4.39 Å². The Balaban J connectivity index is 4.70. The van der Waals surface area contributed by atoms with Gasteiger partial charge < -0.3 is 5.73 Å². The first-order valence-corrected chi connectivity index (χ1v) is 3.70. The quantitative estimate of drug-likeness (QED) is 0.576. The van der Waals surface area contributed by atoms with Crippen LogP contribution < -0.4 is 5.73 Å². The first-order valence-electron chi connectivity index (χ1n) is 3.70. The van der Waals surface area contributed by atoms with Crippen molar-refractivity contribution in [3.05, 3.63) is 0 Å². The fourth-order valence-corrected chi connectivity index (χ4v) is 0.743. The molecule has 1 atom stereocenters. The molecule has 0 saturated heterocycles. The van der Waals surface area contributed by atoms with Gasteiger partial charge in [-0.15, -0.1) is 5.92 Å². The molecule has 0 aromatic rings. The molecule has 0 aliphatic heterocycles. The minimum atomic E-state index is -1.55. The van der Waals surface area contributed by atoms with Gasteiger partial charge in [0.15, 0.2) is 5.67 Å². The molecule has 0 aliphatic rings. The normalized spacial score (nSPS) is 16.5. The second-order valence-electron chi connectivity index (χ2n) is 3.63. The summed E-state index contributed by atoms with van der Waals surface area (Å²) in [6.45, 7) is 6.96. The first-order chi connectivity index (χ1) is 4.87. The summed E-state index contributed by atoms with van der Waals surface area (Å²) in [6, 6.07) is 0. The number of alkyl halides is 1. The van der Waals surface area contributed by atoms with Crippen LogP contribution in [-0.4, -0.2) is 12.2 Å². The van der Waals surface area contributed by atoms with E-state index in [0.29, 0.717) is 0 Å². The van der Waals surface area contributed by atoms with Gasteiger partial charge in [-0.1, -0.05) is 26.7 Å². The third kappa shape index (κ3) is 2.20. The van der Waals surface area contributed by atoms with E-state index in [1.807, 2.05) is 0 Å². The lowest BCUT2D eigenvalue weighted by molar-refractivity contribution is 0.0982. The van der Waals surface area contributed by atoms with Crippen molar-refractivity contribution in [3.8, 4) is 11.8 Å². The van der Waals surface area contributed by atoms with Gasteiger partial charge in [0.2, 0.25) is 0 Å². The lowest BCUT2D eigenvalue weighted by Gasteiger charge is -2.32. The van der Waals surface area contributed by atoms with Gasteiger partial charge in [0.1, 0.15) is 0 Å². The lowest BCUT2D eigenvalue weighted by atomic mass is 9.78. The van der Waals surface area contributed by atoms with Crippen LogP contribution in [0.3, 0.4) is 0 Å². The van der Waals surface area contributed by atoms with E-state index in [1.54, 1.807) is 27.7 Å². The summed E-state index contributed by atoms with van der Waals surface area (Å²) < 4.78 is 13.7. The summed E-state index contributed by atoms with van der Waals surface area (Å²) >= 11 is 0. The Hall–Kier alpha value is -0.550. The lowest BCUT2D eigenvalue weighted by Crippen LogP contribution is -2.43. The van der Waals surface area contributed by atoms with E-state index in [-0.39, 0.29) is 6.54 Å². The molecule has 0 aromatic heterocycles. The number of hydrogen-bond acceptors (Lipinski definition) is 1. The monoisotopic (exact) mass is 157 g/mol. The molecule has 2 heteroatoms. The molecule has 0 saturated carbocycles. The maximum Gasteiger partial charge on any atom is 0.187 e. The highest BCUT2D eigenvalue weighted by Crippen LogP contribution is 2.32. The molecule has 0 heterocycles. The Morgan fingerprint density at radius 3 is 1.91 bits per heavy atom. The third-order valence-electron chi connectivity index (χ3n) is 1.79. The van der Waals surface area contributed by atoms with Crippen molar-refractivity contribution in [2.24, 2.45) is 11.1 Å². The van der Waals surface area contributed by atoms with Crippen molar-refractivity contribution in [2.75, 3.05) is 6.54 Å². The fourth-order valence-electron chi connectivity index (χ4n) is 0.743. The summed E-state index contributed by atoms with van der Waals surface area (Å²) in [4.78, 5) is 0. The molecule has 0 fully saturated rings. The zero-order valence-corrected chi connectivity index (χ0v) is 7.66. The van der Waals surface area contributed by atoms with Crippen LogP contribution in [0, 0.1) is 17.3 Å². The standard InChI is InChI=1S/C9H16FN/c1-5-6-9(10,7-11)8(2,3)4/h7,11H2,1-4H3. The summed E-state index contributed by atoms with van der Waals surface area (Å²) in [7, 11) is 0. The van der Waals surface area contributed by atoms with Crippen molar-refractivity contribution < 1.29 is 4.39 Å². The third-order valence-corrected chi connectivity index (χ3v) is 1.79. The maximum atomic E-state index is 13.7. The zero-order chi connectivity index (χ0) is 9.12. The van der Waals surface area contributed by atoms with Gasteiger partial charge in [0, 0.05) is 12.0 Å². The van der Waals surface area contributed by atoms with E-state index in [0.717, 1.165) is 0 Å².